The molecule has 104 valence electrons. The van der Waals surface area contributed by atoms with Crippen molar-refractivity contribution >= 4 is 9.76 Å². The van der Waals surface area contributed by atoms with Crippen LogP contribution in [0.5, 0.6) is 0 Å². The summed E-state index contributed by atoms with van der Waals surface area (Å²) in [6.07, 6.45) is 8.59. The van der Waals surface area contributed by atoms with Crippen molar-refractivity contribution in [1.29, 1.82) is 0 Å². The van der Waals surface area contributed by atoms with Gasteiger partial charge in [-0.05, 0) is 43.2 Å². The molecule has 0 saturated heterocycles. The molecule has 0 bridgehead atoms. The first-order chi connectivity index (χ1) is 9.36. The molecule has 0 aliphatic carbocycles. The van der Waals surface area contributed by atoms with E-state index in [2.05, 4.69) is 43.5 Å². The lowest BCUT2D eigenvalue weighted by molar-refractivity contribution is 0.305. The predicted octanol–water partition coefficient (Wildman–Crippen LogP) is 3.84. The van der Waals surface area contributed by atoms with Gasteiger partial charge in [0.2, 0.25) is 0 Å². The smallest absolute Gasteiger partial charge is 0.165 e. The number of rotatable bonds is 11. The monoisotopic (exact) mass is 274 g/mol. The minimum atomic E-state index is -0.395. The quantitative estimate of drug-likeness (QED) is 0.338. The van der Waals surface area contributed by atoms with Crippen molar-refractivity contribution in [2.75, 3.05) is 6.61 Å². The van der Waals surface area contributed by atoms with Crippen molar-refractivity contribution < 1.29 is 4.43 Å². The van der Waals surface area contributed by atoms with Crippen LogP contribution in [0.25, 0.3) is 0 Å². The summed E-state index contributed by atoms with van der Waals surface area (Å²) in [6.45, 7) is 8.55. The molecule has 1 rings (SSSR count). The van der Waals surface area contributed by atoms with E-state index in [0.717, 1.165) is 31.9 Å². The van der Waals surface area contributed by atoms with Crippen LogP contribution in [-0.2, 0) is 10.5 Å². The Morgan fingerprint density at radius 1 is 1.11 bits per heavy atom. The zero-order chi connectivity index (χ0) is 13.8. The van der Waals surface area contributed by atoms with Crippen molar-refractivity contribution in [2.45, 2.75) is 31.7 Å². The summed E-state index contributed by atoms with van der Waals surface area (Å²) >= 11 is 0. The maximum Gasteiger partial charge on any atom is 0.165 e. The maximum atomic E-state index is 5.83. The molecule has 0 spiro atoms. The van der Waals surface area contributed by atoms with E-state index in [-0.39, 0.29) is 0 Å². The third-order valence-corrected chi connectivity index (χ3v) is 4.64. The highest BCUT2D eigenvalue weighted by molar-refractivity contribution is 6.26. The second-order valence-corrected chi connectivity index (χ2v) is 6.22. The van der Waals surface area contributed by atoms with Crippen molar-refractivity contribution in [3.8, 4) is 0 Å². The largest absolute Gasteiger partial charge is 0.424 e. The average Bonchev–Trinajstić information content (AvgIpc) is 2.44. The number of allylic oxidation sites excluding steroid dienone is 2. The van der Waals surface area contributed by atoms with Crippen molar-refractivity contribution in [1.82, 2.24) is 0 Å². The highest BCUT2D eigenvalue weighted by atomic mass is 28.2. The van der Waals surface area contributed by atoms with E-state index in [1.165, 1.54) is 12.0 Å². The van der Waals surface area contributed by atoms with E-state index < -0.39 is 9.76 Å². The summed E-state index contributed by atoms with van der Waals surface area (Å²) in [4.78, 5) is 0. The number of hydrogen-bond acceptors (Lipinski definition) is 1. The van der Waals surface area contributed by atoms with Gasteiger partial charge in [0.1, 0.15) is 0 Å². The lowest BCUT2D eigenvalue weighted by Gasteiger charge is -2.12. The van der Waals surface area contributed by atoms with Gasteiger partial charge in [0.15, 0.2) is 9.76 Å². The van der Waals surface area contributed by atoms with Crippen LogP contribution in [-0.4, -0.2) is 16.4 Å². The van der Waals surface area contributed by atoms with Gasteiger partial charge in [-0.1, -0.05) is 42.5 Å². The Hall–Kier alpha value is -1.12. The van der Waals surface area contributed by atoms with Gasteiger partial charge in [0, 0.05) is 6.61 Å². The Morgan fingerprint density at radius 2 is 1.79 bits per heavy atom. The maximum absolute atomic E-state index is 5.83. The van der Waals surface area contributed by atoms with Crippen molar-refractivity contribution in [3.63, 3.8) is 0 Å². The van der Waals surface area contributed by atoms with E-state index >= 15 is 0 Å². The van der Waals surface area contributed by atoms with Crippen LogP contribution in [0.3, 0.4) is 0 Å². The van der Waals surface area contributed by atoms with Gasteiger partial charge in [-0.15, -0.1) is 13.2 Å². The molecular weight excluding hydrogens is 248 g/mol. The predicted molar refractivity (Wildman–Crippen MR) is 87.0 cm³/mol. The van der Waals surface area contributed by atoms with Gasteiger partial charge in [-0.2, -0.15) is 0 Å². The first-order valence-corrected chi connectivity index (χ1v) is 8.78. The summed E-state index contributed by atoms with van der Waals surface area (Å²) in [5.41, 5.74) is 1.41. The Morgan fingerprint density at radius 3 is 2.42 bits per heavy atom. The standard InChI is InChI=1S/C17H26OSi/c1-3-9-16(10-4-2)13-8-14-18-19-15-17-11-6-5-7-12-17/h3-7,11-12,16H,1-2,8-10,13-15,19H2. The molecule has 0 amide bonds. The molecule has 1 nitrogen and oxygen atoms in total. The third kappa shape index (κ3) is 7.80. The highest BCUT2D eigenvalue weighted by Gasteiger charge is 2.04. The van der Waals surface area contributed by atoms with E-state index in [1.807, 2.05) is 12.2 Å². The first-order valence-electron chi connectivity index (χ1n) is 7.20. The lowest BCUT2D eigenvalue weighted by Crippen LogP contribution is -2.06. The van der Waals surface area contributed by atoms with Crippen molar-refractivity contribution in [3.05, 3.63) is 61.2 Å². The minimum absolute atomic E-state index is 0.395. The van der Waals surface area contributed by atoms with E-state index in [9.17, 15) is 0 Å². The third-order valence-electron chi connectivity index (χ3n) is 3.28. The molecular formula is C17H26OSi. The molecule has 0 atom stereocenters. The molecule has 0 radical (unpaired) electrons. The van der Waals surface area contributed by atoms with Crippen LogP contribution in [0.4, 0.5) is 0 Å². The Bertz CT molecular complexity index is 338. The molecule has 0 unspecified atom stereocenters. The van der Waals surface area contributed by atoms with Gasteiger partial charge >= 0.3 is 0 Å². The molecule has 1 aromatic rings. The molecule has 0 aliphatic heterocycles. The first kappa shape index (κ1) is 15.9. The van der Waals surface area contributed by atoms with Gasteiger partial charge in [0.05, 0.1) is 0 Å². The normalized spacial score (nSPS) is 11.2. The minimum Gasteiger partial charge on any atom is -0.424 e. The molecule has 0 N–H and O–H groups in total. The molecule has 2 heteroatoms. The lowest BCUT2D eigenvalue weighted by atomic mass is 9.96. The van der Waals surface area contributed by atoms with Gasteiger partial charge in [0.25, 0.3) is 0 Å². The van der Waals surface area contributed by atoms with Gasteiger partial charge in [-0.3, -0.25) is 0 Å². The van der Waals surface area contributed by atoms with Crippen LogP contribution in [0.15, 0.2) is 55.6 Å². The van der Waals surface area contributed by atoms with Crippen molar-refractivity contribution in [2.24, 2.45) is 5.92 Å². The van der Waals surface area contributed by atoms with E-state index in [1.54, 1.807) is 0 Å². The van der Waals surface area contributed by atoms with E-state index in [4.69, 9.17) is 4.43 Å². The average molecular weight is 274 g/mol. The Kier molecular flexibility index (Phi) is 9.03. The molecule has 0 aromatic heterocycles. The van der Waals surface area contributed by atoms with Crippen LogP contribution in [0.2, 0.25) is 0 Å². The second-order valence-electron chi connectivity index (χ2n) is 4.90. The highest BCUT2D eigenvalue weighted by Crippen LogP contribution is 2.16. The Balaban J connectivity index is 2.04. The number of benzene rings is 1. The van der Waals surface area contributed by atoms with Crippen LogP contribution >= 0.6 is 0 Å². The van der Waals surface area contributed by atoms with Crippen LogP contribution in [0, 0.1) is 5.92 Å². The van der Waals surface area contributed by atoms with E-state index in [0.29, 0.717) is 5.92 Å². The molecule has 1 aromatic carbocycles. The fourth-order valence-electron chi connectivity index (χ4n) is 2.21. The summed E-state index contributed by atoms with van der Waals surface area (Å²) in [7, 11) is -0.395. The summed E-state index contributed by atoms with van der Waals surface area (Å²) in [6, 6.07) is 11.8. The summed E-state index contributed by atoms with van der Waals surface area (Å²) in [5.74, 6) is 0.703. The van der Waals surface area contributed by atoms with Gasteiger partial charge in [-0.25, -0.2) is 0 Å². The molecule has 0 fully saturated rings. The SMILES string of the molecule is C=CCC(CC=C)CCCO[SiH2]Cc1ccccc1. The number of hydrogen-bond donors (Lipinski definition) is 0. The van der Waals surface area contributed by atoms with Crippen LogP contribution < -0.4 is 0 Å². The molecule has 0 saturated carbocycles. The van der Waals surface area contributed by atoms with Gasteiger partial charge < -0.3 is 4.43 Å². The fourth-order valence-corrected chi connectivity index (χ4v) is 3.34. The second kappa shape index (κ2) is 10.8. The zero-order valence-electron chi connectivity index (χ0n) is 11.9. The molecule has 19 heavy (non-hydrogen) atoms. The summed E-state index contributed by atoms with van der Waals surface area (Å²) in [5, 5.41) is 0. The topological polar surface area (TPSA) is 9.23 Å². The molecule has 0 aliphatic rings. The molecule has 0 heterocycles. The zero-order valence-corrected chi connectivity index (χ0v) is 13.3. The van der Waals surface area contributed by atoms with Crippen LogP contribution in [0.1, 0.15) is 31.2 Å². The summed E-state index contributed by atoms with van der Waals surface area (Å²) < 4.78 is 5.83. The Labute approximate surface area is 120 Å². The fraction of sp³-hybridized carbons (Fsp3) is 0.412.